The van der Waals surface area contributed by atoms with E-state index in [0.717, 1.165) is 45.3 Å². The minimum absolute atomic E-state index is 0.488. The lowest BCUT2D eigenvalue weighted by molar-refractivity contribution is 0.793. The van der Waals surface area contributed by atoms with Gasteiger partial charge in [0.1, 0.15) is 0 Å². The van der Waals surface area contributed by atoms with Crippen LogP contribution in [0.4, 0.5) is 34.1 Å². The van der Waals surface area contributed by atoms with Crippen molar-refractivity contribution in [1.82, 2.24) is 0 Å². The van der Waals surface area contributed by atoms with E-state index in [1.165, 1.54) is 86.9 Å². The molecule has 0 saturated heterocycles. The molecule has 12 aromatic carbocycles. The molecule has 1 aromatic heterocycles. The first-order valence-corrected chi connectivity index (χ1v) is 27.0. The molecule has 0 N–H and O–H groups in total. The molecule has 1 spiro atoms. The van der Waals surface area contributed by atoms with E-state index in [1.54, 1.807) is 0 Å². The average Bonchev–Trinajstić information content (AvgIpc) is 4.34. The molecule has 2 aliphatic rings. The van der Waals surface area contributed by atoms with Gasteiger partial charge in [0.25, 0.3) is 0 Å². The van der Waals surface area contributed by atoms with Crippen molar-refractivity contribution in [1.29, 1.82) is 0 Å². The van der Waals surface area contributed by atoms with E-state index in [4.69, 9.17) is 0 Å². The van der Waals surface area contributed by atoms with Crippen molar-refractivity contribution in [2.45, 2.75) is 5.41 Å². The van der Waals surface area contributed by atoms with Gasteiger partial charge in [-0.1, -0.05) is 212 Å². The third-order valence-corrected chi connectivity index (χ3v) is 17.1. The van der Waals surface area contributed by atoms with Crippen molar-refractivity contribution in [3.63, 3.8) is 0 Å². The van der Waals surface area contributed by atoms with E-state index in [2.05, 4.69) is 301 Å². The van der Waals surface area contributed by atoms with E-state index >= 15 is 0 Å². The van der Waals surface area contributed by atoms with E-state index in [1.807, 2.05) is 11.3 Å². The molecule has 1 heterocycles. The van der Waals surface area contributed by atoms with Gasteiger partial charge < -0.3 is 9.80 Å². The third-order valence-electron chi connectivity index (χ3n) is 15.8. The Hall–Kier alpha value is -9.54. The van der Waals surface area contributed by atoms with Crippen LogP contribution in [0.1, 0.15) is 22.3 Å². The van der Waals surface area contributed by atoms with Gasteiger partial charge in [-0.3, -0.25) is 0 Å². The van der Waals surface area contributed by atoms with Gasteiger partial charge in [0.05, 0.1) is 5.41 Å². The molecule has 13 aromatic rings. The Kier molecular flexibility index (Phi) is 10.3. The number of nitrogens with zero attached hydrogens (tertiary/aromatic N) is 2. The van der Waals surface area contributed by atoms with E-state index in [-0.39, 0.29) is 0 Å². The fraction of sp³-hybridized carbons (Fsp3) is 0.0137. The largest absolute Gasteiger partial charge is 0.310 e. The van der Waals surface area contributed by atoms with Gasteiger partial charge in [0.2, 0.25) is 0 Å². The van der Waals surface area contributed by atoms with Gasteiger partial charge in [0.15, 0.2) is 0 Å². The maximum atomic E-state index is 2.50. The highest BCUT2D eigenvalue weighted by atomic mass is 32.1. The molecule has 0 aliphatic heterocycles. The Labute approximate surface area is 447 Å². The standard InChI is InChI=1S/C73H48N2S/c1-4-20-49(21-5-1)50-38-40-56(41-39-50)74(54-24-6-2-7-25-54)58-45-53(51-22-18-23-52(44-51)60-32-19-33-66-65-31-13-17-37-71(65)76-72(60)66)46-59(47-58)75(55-26-8-3-9-27-55)57-42-43-64-63-30-12-16-36-69(63)73(70(64)48-57)67-34-14-10-28-61(67)62-29-11-15-35-68(62)73/h1-48H. The minimum Gasteiger partial charge on any atom is -0.310 e. The lowest BCUT2D eigenvalue weighted by Crippen LogP contribution is -2.26. The highest BCUT2D eigenvalue weighted by Crippen LogP contribution is 2.63. The van der Waals surface area contributed by atoms with E-state index < -0.39 is 5.41 Å². The summed E-state index contributed by atoms with van der Waals surface area (Å²) < 4.78 is 2.61. The molecular weight excluding hydrogens is 937 g/mol. The highest BCUT2D eigenvalue weighted by Gasteiger charge is 2.51. The van der Waals surface area contributed by atoms with Crippen LogP contribution < -0.4 is 9.80 Å². The van der Waals surface area contributed by atoms with Crippen molar-refractivity contribution in [2.24, 2.45) is 0 Å². The molecule has 2 nitrogen and oxygen atoms in total. The minimum atomic E-state index is -0.488. The molecule has 76 heavy (non-hydrogen) atoms. The molecule has 0 fully saturated rings. The maximum absolute atomic E-state index is 2.50. The van der Waals surface area contributed by atoms with Crippen molar-refractivity contribution >= 4 is 65.6 Å². The number of fused-ring (bicyclic) bond motifs is 13. The van der Waals surface area contributed by atoms with Gasteiger partial charge in [0, 0.05) is 54.3 Å². The lowest BCUT2D eigenvalue weighted by Gasteiger charge is -2.33. The summed E-state index contributed by atoms with van der Waals surface area (Å²) in [6, 6.07) is 108. The summed E-state index contributed by atoms with van der Waals surface area (Å²) in [7, 11) is 0. The van der Waals surface area contributed by atoms with Crippen molar-refractivity contribution in [3.8, 4) is 55.6 Å². The number of hydrogen-bond acceptors (Lipinski definition) is 3. The monoisotopic (exact) mass is 984 g/mol. The number of hydrogen-bond donors (Lipinski definition) is 0. The second kappa shape index (κ2) is 17.8. The quantitative estimate of drug-likeness (QED) is 0.142. The average molecular weight is 985 g/mol. The van der Waals surface area contributed by atoms with Crippen LogP contribution in [0, 0.1) is 0 Å². The van der Waals surface area contributed by atoms with Gasteiger partial charge in [-0.15, -0.1) is 11.3 Å². The summed E-state index contributed by atoms with van der Waals surface area (Å²) in [5.41, 5.74) is 23.4. The van der Waals surface area contributed by atoms with Crippen LogP contribution in [0.3, 0.4) is 0 Å². The first kappa shape index (κ1) is 44.0. The van der Waals surface area contributed by atoms with Crippen molar-refractivity contribution < 1.29 is 0 Å². The van der Waals surface area contributed by atoms with E-state index in [9.17, 15) is 0 Å². The van der Waals surface area contributed by atoms with Gasteiger partial charge in [-0.2, -0.15) is 0 Å². The first-order chi connectivity index (χ1) is 37.7. The Bertz CT molecular complexity index is 4280. The zero-order valence-electron chi connectivity index (χ0n) is 41.5. The summed E-state index contributed by atoms with van der Waals surface area (Å²) in [6.07, 6.45) is 0. The Morgan fingerprint density at radius 3 is 1.33 bits per heavy atom. The third kappa shape index (κ3) is 6.94. The predicted molar refractivity (Wildman–Crippen MR) is 321 cm³/mol. The van der Waals surface area contributed by atoms with Gasteiger partial charge in [-0.05, 0) is 157 Å². The van der Waals surface area contributed by atoms with Crippen LogP contribution >= 0.6 is 11.3 Å². The SMILES string of the molecule is c1ccc(-c2ccc(N(c3ccccc3)c3cc(-c4cccc(-c5cccc6c5sc5ccccc56)c4)cc(N(c4ccccc4)c4ccc5c(c4)C4(c6ccccc6-c6ccccc64)c4ccccc4-5)c3)cc2)cc1. The molecule has 3 heteroatoms. The summed E-state index contributed by atoms with van der Waals surface area (Å²) >= 11 is 1.88. The van der Waals surface area contributed by atoms with Crippen LogP contribution in [-0.2, 0) is 5.41 Å². The smallest absolute Gasteiger partial charge is 0.0726 e. The van der Waals surface area contributed by atoms with Crippen LogP contribution in [0.5, 0.6) is 0 Å². The molecule has 0 bridgehead atoms. The normalized spacial score (nSPS) is 12.6. The fourth-order valence-electron chi connectivity index (χ4n) is 12.6. The molecule has 2 aliphatic carbocycles. The lowest BCUT2D eigenvalue weighted by atomic mass is 9.70. The second-order valence-corrected chi connectivity index (χ2v) is 21.0. The zero-order chi connectivity index (χ0) is 50.2. The summed E-state index contributed by atoms with van der Waals surface area (Å²) in [6.45, 7) is 0. The number of rotatable bonds is 9. The van der Waals surface area contributed by atoms with Crippen LogP contribution in [0.15, 0.2) is 291 Å². The molecule has 0 radical (unpaired) electrons. The molecule has 0 amide bonds. The summed E-state index contributed by atoms with van der Waals surface area (Å²) in [4.78, 5) is 4.88. The fourth-order valence-corrected chi connectivity index (χ4v) is 13.8. The number of thiophene rings is 1. The Balaban J connectivity index is 0.966. The van der Waals surface area contributed by atoms with E-state index in [0.29, 0.717) is 0 Å². The Morgan fingerprint density at radius 2 is 0.684 bits per heavy atom. The Morgan fingerprint density at radius 1 is 0.237 bits per heavy atom. The molecule has 0 saturated carbocycles. The topological polar surface area (TPSA) is 6.48 Å². The first-order valence-electron chi connectivity index (χ1n) is 26.1. The zero-order valence-corrected chi connectivity index (χ0v) is 42.3. The molecule has 0 atom stereocenters. The number of para-hydroxylation sites is 2. The maximum Gasteiger partial charge on any atom is 0.0726 e. The summed E-state index contributed by atoms with van der Waals surface area (Å²) in [5.74, 6) is 0. The highest BCUT2D eigenvalue weighted by molar-refractivity contribution is 7.26. The van der Waals surface area contributed by atoms with Gasteiger partial charge >= 0.3 is 0 Å². The van der Waals surface area contributed by atoms with Crippen molar-refractivity contribution in [2.75, 3.05) is 9.80 Å². The molecule has 15 rings (SSSR count). The molecular formula is C73H48N2S. The number of benzene rings is 12. The molecule has 356 valence electrons. The number of anilines is 6. The van der Waals surface area contributed by atoms with Crippen LogP contribution in [0.25, 0.3) is 75.8 Å². The van der Waals surface area contributed by atoms with Crippen LogP contribution in [-0.4, -0.2) is 0 Å². The molecule has 0 unspecified atom stereocenters. The van der Waals surface area contributed by atoms with Gasteiger partial charge in [-0.25, -0.2) is 0 Å². The van der Waals surface area contributed by atoms with Crippen molar-refractivity contribution in [3.05, 3.63) is 313 Å². The summed E-state index contributed by atoms with van der Waals surface area (Å²) in [5, 5.41) is 2.60. The van der Waals surface area contributed by atoms with Crippen LogP contribution in [0.2, 0.25) is 0 Å². The second-order valence-electron chi connectivity index (χ2n) is 20.0. The predicted octanol–water partition coefficient (Wildman–Crippen LogP) is 20.3.